The molecule has 4 atom stereocenters. The first-order valence-electron chi connectivity index (χ1n) is 8.43. The third kappa shape index (κ3) is 1.72. The number of carbonyl (C=O) groups excluding carboxylic acids is 3. The standard InChI is InChI=1S/C19H16ClNO4/c1-25-18(24)10-8-9(2-5-13(10)20)21-16(22)14-11-3-4-12(15(14)17(21)23)19(11)6-7-19/h2-5,8,11-12,14-15H,6-7H2,1H3/t11-,12+,14-,15-/m0/s1. The van der Waals surface area contributed by atoms with Crippen LogP contribution in [0.25, 0.3) is 0 Å². The molecule has 2 bridgehead atoms. The molecule has 1 heterocycles. The molecule has 0 unspecified atom stereocenters. The van der Waals surface area contributed by atoms with E-state index in [1.807, 2.05) is 0 Å². The minimum absolute atomic E-state index is 0.152. The number of rotatable bonds is 2. The van der Waals surface area contributed by atoms with Crippen molar-refractivity contribution < 1.29 is 19.1 Å². The molecule has 6 heteroatoms. The normalized spacial score (nSPS) is 33.3. The number of imide groups is 1. The lowest BCUT2D eigenvalue weighted by Crippen LogP contribution is -2.34. The number of halogens is 1. The molecule has 3 fully saturated rings. The Balaban J connectivity index is 1.54. The van der Waals surface area contributed by atoms with Crippen LogP contribution in [0.15, 0.2) is 30.4 Å². The third-order valence-electron chi connectivity index (χ3n) is 6.47. The van der Waals surface area contributed by atoms with Gasteiger partial charge in [-0.3, -0.25) is 9.59 Å². The Hall–Kier alpha value is -2.14. The first kappa shape index (κ1) is 15.1. The lowest BCUT2D eigenvalue weighted by atomic mass is 9.85. The first-order chi connectivity index (χ1) is 12.0. The zero-order valence-corrected chi connectivity index (χ0v) is 14.3. The summed E-state index contributed by atoms with van der Waals surface area (Å²) in [5.74, 6) is -1.07. The summed E-state index contributed by atoms with van der Waals surface area (Å²) in [6.07, 6.45) is 6.48. The molecule has 5 nitrogen and oxygen atoms in total. The Morgan fingerprint density at radius 2 is 1.76 bits per heavy atom. The molecular weight excluding hydrogens is 342 g/mol. The molecule has 25 heavy (non-hydrogen) atoms. The van der Waals surface area contributed by atoms with E-state index in [1.165, 1.54) is 24.1 Å². The molecule has 2 amide bonds. The van der Waals surface area contributed by atoms with Gasteiger partial charge in [0, 0.05) is 0 Å². The highest BCUT2D eigenvalue weighted by molar-refractivity contribution is 6.34. The number of hydrogen-bond donors (Lipinski definition) is 0. The summed E-state index contributed by atoms with van der Waals surface area (Å²) in [6, 6.07) is 4.59. The lowest BCUT2D eigenvalue weighted by Gasteiger charge is -2.22. The maximum absolute atomic E-state index is 13.1. The molecule has 0 N–H and O–H groups in total. The van der Waals surface area contributed by atoms with Crippen molar-refractivity contribution in [3.05, 3.63) is 40.9 Å². The molecule has 128 valence electrons. The minimum atomic E-state index is -0.593. The Bertz CT molecular complexity index is 838. The number of nitrogens with zero attached hydrogens (tertiary/aromatic N) is 1. The highest BCUT2D eigenvalue weighted by atomic mass is 35.5. The number of carbonyl (C=O) groups is 3. The summed E-state index contributed by atoms with van der Waals surface area (Å²) in [5, 5.41) is 0.230. The maximum Gasteiger partial charge on any atom is 0.339 e. The number of methoxy groups -OCH3 is 1. The lowest BCUT2D eigenvalue weighted by molar-refractivity contribution is -0.123. The van der Waals surface area contributed by atoms with Crippen LogP contribution in [0.5, 0.6) is 0 Å². The van der Waals surface area contributed by atoms with Crippen LogP contribution in [0.3, 0.4) is 0 Å². The van der Waals surface area contributed by atoms with E-state index in [1.54, 1.807) is 6.07 Å². The van der Waals surface area contributed by atoms with Gasteiger partial charge in [0.05, 0.1) is 35.2 Å². The molecule has 4 aliphatic rings. The highest BCUT2D eigenvalue weighted by Gasteiger charge is 2.73. The van der Waals surface area contributed by atoms with Crippen LogP contribution in [0.2, 0.25) is 5.02 Å². The largest absolute Gasteiger partial charge is 0.465 e. The number of anilines is 1. The van der Waals surface area contributed by atoms with E-state index >= 15 is 0 Å². The van der Waals surface area contributed by atoms with E-state index in [0.717, 1.165) is 12.8 Å². The fourth-order valence-electron chi connectivity index (χ4n) is 5.25. The van der Waals surface area contributed by atoms with Crippen molar-refractivity contribution in [3.8, 4) is 0 Å². The average molecular weight is 358 g/mol. The molecular formula is C19H16ClNO4. The second kappa shape index (κ2) is 4.73. The van der Waals surface area contributed by atoms with Gasteiger partial charge in [0.25, 0.3) is 0 Å². The fraction of sp³-hybridized carbons (Fsp3) is 0.421. The van der Waals surface area contributed by atoms with Crippen LogP contribution >= 0.6 is 11.6 Å². The molecule has 1 aromatic rings. The van der Waals surface area contributed by atoms with E-state index in [-0.39, 0.29) is 51.5 Å². The van der Waals surface area contributed by atoms with E-state index in [0.29, 0.717) is 5.69 Å². The van der Waals surface area contributed by atoms with Gasteiger partial charge in [-0.05, 0) is 48.3 Å². The highest BCUT2D eigenvalue weighted by Crippen LogP contribution is 2.73. The molecule has 1 aliphatic heterocycles. The summed E-state index contributed by atoms with van der Waals surface area (Å²) in [6.45, 7) is 0. The summed E-state index contributed by atoms with van der Waals surface area (Å²) in [7, 11) is 1.26. The van der Waals surface area contributed by atoms with Gasteiger partial charge in [0.1, 0.15) is 0 Å². The zero-order chi connectivity index (χ0) is 17.5. The minimum Gasteiger partial charge on any atom is -0.465 e. The van der Waals surface area contributed by atoms with Crippen molar-refractivity contribution in [2.75, 3.05) is 12.0 Å². The summed E-state index contributed by atoms with van der Waals surface area (Å²) in [5.41, 5.74) is 0.710. The number of allylic oxidation sites excluding steroid dienone is 2. The molecule has 3 aliphatic carbocycles. The molecule has 2 saturated carbocycles. The SMILES string of the molecule is COC(=O)c1cc(N2C(=O)[C@@H]3[C@@H](C2=O)[C@@H]2C=C[C@H]3C23CC3)ccc1Cl. The van der Waals surface area contributed by atoms with E-state index in [9.17, 15) is 14.4 Å². The maximum atomic E-state index is 13.1. The Labute approximate surface area is 149 Å². The van der Waals surface area contributed by atoms with Gasteiger partial charge >= 0.3 is 5.97 Å². The summed E-state index contributed by atoms with van der Waals surface area (Å²) in [4.78, 5) is 39.2. The van der Waals surface area contributed by atoms with Gasteiger partial charge in [0.15, 0.2) is 0 Å². The van der Waals surface area contributed by atoms with Gasteiger partial charge < -0.3 is 4.74 Å². The molecule has 0 radical (unpaired) electrons. The van der Waals surface area contributed by atoms with Crippen molar-refractivity contribution in [2.24, 2.45) is 29.1 Å². The van der Waals surface area contributed by atoms with Crippen LogP contribution in [-0.2, 0) is 14.3 Å². The summed E-state index contributed by atoms with van der Waals surface area (Å²) < 4.78 is 4.72. The monoisotopic (exact) mass is 357 g/mol. The van der Waals surface area contributed by atoms with Gasteiger partial charge in [-0.25, -0.2) is 9.69 Å². The Morgan fingerprint density at radius 1 is 1.16 bits per heavy atom. The molecule has 1 spiro atoms. The van der Waals surface area contributed by atoms with Gasteiger partial charge in [-0.2, -0.15) is 0 Å². The third-order valence-corrected chi connectivity index (χ3v) is 6.80. The second-order valence-electron chi connectivity index (χ2n) is 7.39. The summed E-state index contributed by atoms with van der Waals surface area (Å²) >= 11 is 6.05. The number of fused-ring (bicyclic) bond motifs is 3. The molecule has 5 rings (SSSR count). The van der Waals surface area contributed by atoms with Crippen molar-refractivity contribution in [2.45, 2.75) is 12.8 Å². The van der Waals surface area contributed by atoms with Crippen molar-refractivity contribution >= 4 is 35.1 Å². The number of hydrogen-bond acceptors (Lipinski definition) is 4. The van der Waals surface area contributed by atoms with Gasteiger partial charge in [-0.1, -0.05) is 23.8 Å². The smallest absolute Gasteiger partial charge is 0.339 e. The van der Waals surface area contributed by atoms with Crippen LogP contribution in [-0.4, -0.2) is 24.9 Å². The van der Waals surface area contributed by atoms with Crippen LogP contribution in [0.1, 0.15) is 23.2 Å². The Kier molecular flexibility index (Phi) is 2.86. The molecule has 1 aromatic carbocycles. The number of benzene rings is 1. The molecule has 0 aromatic heterocycles. The first-order valence-corrected chi connectivity index (χ1v) is 8.81. The van der Waals surface area contributed by atoms with E-state index in [4.69, 9.17) is 16.3 Å². The number of ether oxygens (including phenoxy) is 1. The second-order valence-corrected chi connectivity index (χ2v) is 7.80. The van der Waals surface area contributed by atoms with Gasteiger partial charge in [-0.15, -0.1) is 0 Å². The van der Waals surface area contributed by atoms with Crippen LogP contribution in [0, 0.1) is 29.1 Å². The predicted molar refractivity (Wildman–Crippen MR) is 90.1 cm³/mol. The van der Waals surface area contributed by atoms with Crippen LogP contribution in [0.4, 0.5) is 5.69 Å². The number of esters is 1. The van der Waals surface area contributed by atoms with Crippen molar-refractivity contribution in [1.29, 1.82) is 0 Å². The van der Waals surface area contributed by atoms with E-state index in [2.05, 4.69) is 12.2 Å². The fourth-order valence-corrected chi connectivity index (χ4v) is 5.45. The van der Waals surface area contributed by atoms with Crippen LogP contribution < -0.4 is 4.90 Å². The average Bonchev–Trinajstić information content (AvgIpc) is 3.20. The van der Waals surface area contributed by atoms with Gasteiger partial charge in [0.2, 0.25) is 11.8 Å². The van der Waals surface area contributed by atoms with E-state index < -0.39 is 5.97 Å². The number of amides is 2. The zero-order valence-electron chi connectivity index (χ0n) is 13.6. The predicted octanol–water partition coefficient (Wildman–Crippen LogP) is 2.83. The Morgan fingerprint density at radius 3 is 2.28 bits per heavy atom. The quantitative estimate of drug-likeness (QED) is 0.464. The topological polar surface area (TPSA) is 63.7 Å². The van der Waals surface area contributed by atoms with Crippen molar-refractivity contribution in [3.63, 3.8) is 0 Å². The molecule has 1 saturated heterocycles. The van der Waals surface area contributed by atoms with Crippen molar-refractivity contribution in [1.82, 2.24) is 0 Å².